The lowest BCUT2D eigenvalue weighted by molar-refractivity contribution is 0.223. The number of nitrogens with zero attached hydrogens (tertiary/aromatic N) is 2. The highest BCUT2D eigenvalue weighted by Gasteiger charge is 2.24. The molecule has 0 bridgehead atoms. The number of hydrogen-bond donors (Lipinski definition) is 0. The van der Waals surface area contributed by atoms with E-state index in [9.17, 15) is 8.42 Å². The van der Waals surface area contributed by atoms with Crippen LogP contribution in [0, 0.1) is 0 Å². The van der Waals surface area contributed by atoms with Crippen molar-refractivity contribution in [2.24, 2.45) is 0 Å². The van der Waals surface area contributed by atoms with Crippen LogP contribution in [0.4, 0.5) is 0 Å². The molecule has 1 aromatic heterocycles. The first-order valence-electron chi connectivity index (χ1n) is 9.07. The summed E-state index contributed by atoms with van der Waals surface area (Å²) in [5.41, 5.74) is 1.08. The average molecular weight is 465 g/mol. The molecule has 2 heterocycles. The third-order valence-corrected chi connectivity index (χ3v) is 8.53. The normalized spacial score (nSPS) is 16.8. The fourth-order valence-electron chi connectivity index (χ4n) is 3.48. The van der Waals surface area contributed by atoms with Gasteiger partial charge in [0, 0.05) is 16.9 Å². The number of aromatic nitrogens is 1. The third kappa shape index (κ3) is 4.42. The van der Waals surface area contributed by atoms with Gasteiger partial charge < -0.3 is 4.90 Å². The van der Waals surface area contributed by atoms with Gasteiger partial charge in [-0.1, -0.05) is 28.1 Å². The molecule has 0 atom stereocenters. The van der Waals surface area contributed by atoms with Gasteiger partial charge in [-0.15, -0.1) is 11.3 Å². The second kappa shape index (κ2) is 7.99. The van der Waals surface area contributed by atoms with Crippen molar-refractivity contribution in [3.05, 3.63) is 58.0 Å². The Balaban J connectivity index is 1.33. The van der Waals surface area contributed by atoms with Crippen LogP contribution < -0.4 is 0 Å². The minimum atomic E-state index is -3.23. The van der Waals surface area contributed by atoms with Crippen molar-refractivity contribution in [3.63, 3.8) is 0 Å². The fourth-order valence-corrected chi connectivity index (χ4v) is 6.16. The fraction of sp³-hybridized carbons (Fsp3) is 0.350. The number of fused-ring (bicyclic) bond motifs is 1. The quantitative estimate of drug-likeness (QED) is 0.548. The van der Waals surface area contributed by atoms with E-state index in [4.69, 9.17) is 4.98 Å². The second-order valence-electron chi connectivity index (χ2n) is 6.91. The molecule has 0 spiro atoms. The maximum Gasteiger partial charge on any atom is 0.179 e. The van der Waals surface area contributed by atoms with Crippen LogP contribution in [-0.2, 0) is 9.84 Å². The molecule has 0 saturated carbocycles. The third-order valence-electron chi connectivity index (χ3n) is 5.10. The van der Waals surface area contributed by atoms with Gasteiger partial charge in [-0.25, -0.2) is 13.4 Å². The predicted octanol–water partition coefficient (Wildman–Crippen LogP) is 4.71. The Hall–Kier alpha value is -1.28. The Bertz CT molecular complexity index is 991. The number of sulfone groups is 1. The molecule has 3 aromatic rings. The number of para-hydroxylation sites is 1. The van der Waals surface area contributed by atoms with E-state index < -0.39 is 9.84 Å². The Morgan fingerprint density at radius 1 is 1.07 bits per heavy atom. The summed E-state index contributed by atoms with van der Waals surface area (Å²) in [5, 5.41) is 1.22. The zero-order chi connectivity index (χ0) is 18.9. The number of halogens is 1. The summed E-state index contributed by atoms with van der Waals surface area (Å²) >= 11 is 5.13. The summed E-state index contributed by atoms with van der Waals surface area (Å²) in [6, 6.07) is 15.2. The van der Waals surface area contributed by atoms with Gasteiger partial charge in [0.1, 0.15) is 0 Å². The average Bonchev–Trinajstić information content (AvgIpc) is 3.11. The smallest absolute Gasteiger partial charge is 0.179 e. The summed E-state index contributed by atoms with van der Waals surface area (Å²) in [4.78, 5) is 7.46. The molecule has 1 aliphatic rings. The Morgan fingerprint density at radius 3 is 2.48 bits per heavy atom. The lowest BCUT2D eigenvalue weighted by atomic mass is 9.98. The molecule has 0 N–H and O–H groups in total. The molecule has 142 valence electrons. The minimum absolute atomic E-state index is 0.167. The van der Waals surface area contributed by atoms with Gasteiger partial charge in [0.05, 0.1) is 25.9 Å². The highest BCUT2D eigenvalue weighted by molar-refractivity contribution is 9.10. The molecule has 1 fully saturated rings. The van der Waals surface area contributed by atoms with Crippen molar-refractivity contribution in [2.75, 3.05) is 25.4 Å². The van der Waals surface area contributed by atoms with E-state index in [2.05, 4.69) is 39.0 Å². The second-order valence-corrected chi connectivity index (χ2v) is 11.0. The van der Waals surface area contributed by atoms with E-state index in [0.717, 1.165) is 35.9 Å². The first-order valence-corrected chi connectivity index (χ1v) is 12.3. The Kier molecular flexibility index (Phi) is 5.64. The summed E-state index contributed by atoms with van der Waals surface area (Å²) in [6.07, 6.45) is 2.08. The Morgan fingerprint density at radius 2 is 1.78 bits per heavy atom. The van der Waals surface area contributed by atoms with Crippen LogP contribution in [0.15, 0.2) is 57.9 Å². The SMILES string of the molecule is O=S(=O)(CCN1CCC(c2nc3ccccc3s2)CC1)c1ccc(Br)cc1. The summed E-state index contributed by atoms with van der Waals surface area (Å²) < 4.78 is 27.2. The molecule has 0 aliphatic carbocycles. The summed E-state index contributed by atoms with van der Waals surface area (Å²) in [7, 11) is -3.23. The van der Waals surface area contributed by atoms with Crippen LogP contribution in [-0.4, -0.2) is 43.7 Å². The number of rotatable bonds is 5. The first-order chi connectivity index (χ1) is 13.0. The van der Waals surface area contributed by atoms with E-state index >= 15 is 0 Å². The topological polar surface area (TPSA) is 50.3 Å². The number of hydrogen-bond acceptors (Lipinski definition) is 5. The van der Waals surface area contributed by atoms with Gasteiger partial charge in [-0.3, -0.25) is 0 Å². The zero-order valence-electron chi connectivity index (χ0n) is 14.8. The van der Waals surface area contributed by atoms with Crippen molar-refractivity contribution >= 4 is 47.3 Å². The number of likely N-dealkylation sites (tertiary alicyclic amines) is 1. The van der Waals surface area contributed by atoms with Crippen LogP contribution in [0.3, 0.4) is 0 Å². The van der Waals surface area contributed by atoms with Gasteiger partial charge in [0.2, 0.25) is 0 Å². The summed E-state index contributed by atoms with van der Waals surface area (Å²) in [5.74, 6) is 0.655. The molecular formula is C20H21BrN2O2S2. The van der Waals surface area contributed by atoms with Gasteiger partial charge >= 0.3 is 0 Å². The number of piperidine rings is 1. The van der Waals surface area contributed by atoms with E-state index in [0.29, 0.717) is 17.4 Å². The van der Waals surface area contributed by atoms with E-state index in [1.54, 1.807) is 35.6 Å². The zero-order valence-corrected chi connectivity index (χ0v) is 18.1. The highest BCUT2D eigenvalue weighted by atomic mass is 79.9. The van der Waals surface area contributed by atoms with Gasteiger partial charge in [0.25, 0.3) is 0 Å². The van der Waals surface area contributed by atoms with Crippen LogP contribution in [0.2, 0.25) is 0 Å². The largest absolute Gasteiger partial charge is 0.302 e. The van der Waals surface area contributed by atoms with Crippen molar-refractivity contribution in [1.82, 2.24) is 9.88 Å². The molecule has 1 saturated heterocycles. The maximum atomic E-state index is 12.5. The number of thiazole rings is 1. The molecule has 0 amide bonds. The van der Waals surface area contributed by atoms with E-state index in [1.165, 1.54) is 9.71 Å². The molecule has 7 heteroatoms. The van der Waals surface area contributed by atoms with Crippen LogP contribution in [0.25, 0.3) is 10.2 Å². The van der Waals surface area contributed by atoms with E-state index in [1.807, 2.05) is 6.07 Å². The minimum Gasteiger partial charge on any atom is -0.302 e. The molecule has 4 rings (SSSR count). The lowest BCUT2D eigenvalue weighted by Gasteiger charge is -2.30. The molecule has 0 radical (unpaired) electrons. The van der Waals surface area contributed by atoms with E-state index in [-0.39, 0.29) is 5.75 Å². The molecule has 1 aliphatic heterocycles. The van der Waals surface area contributed by atoms with Crippen molar-refractivity contribution in [3.8, 4) is 0 Å². The predicted molar refractivity (Wildman–Crippen MR) is 114 cm³/mol. The monoisotopic (exact) mass is 464 g/mol. The van der Waals surface area contributed by atoms with Crippen LogP contribution >= 0.6 is 27.3 Å². The Labute approximate surface area is 172 Å². The van der Waals surface area contributed by atoms with Crippen LogP contribution in [0.1, 0.15) is 23.8 Å². The molecule has 4 nitrogen and oxygen atoms in total. The molecule has 0 unspecified atom stereocenters. The number of benzene rings is 2. The maximum absolute atomic E-state index is 12.5. The van der Waals surface area contributed by atoms with Crippen molar-refractivity contribution in [1.29, 1.82) is 0 Å². The van der Waals surface area contributed by atoms with Gasteiger partial charge in [0.15, 0.2) is 9.84 Å². The van der Waals surface area contributed by atoms with Crippen LogP contribution in [0.5, 0.6) is 0 Å². The summed E-state index contributed by atoms with van der Waals surface area (Å²) in [6.45, 7) is 2.44. The standard InChI is InChI=1S/C20H21BrN2O2S2/c21-16-5-7-17(8-6-16)27(24,25)14-13-23-11-9-15(10-12-23)20-22-18-3-1-2-4-19(18)26-20/h1-8,15H,9-14H2. The van der Waals surface area contributed by atoms with Crippen molar-refractivity contribution < 1.29 is 8.42 Å². The van der Waals surface area contributed by atoms with Gasteiger partial charge in [-0.2, -0.15) is 0 Å². The molecule has 2 aromatic carbocycles. The van der Waals surface area contributed by atoms with Crippen molar-refractivity contribution in [2.45, 2.75) is 23.7 Å². The van der Waals surface area contributed by atoms with Gasteiger partial charge in [-0.05, 0) is 62.3 Å². The highest BCUT2D eigenvalue weighted by Crippen LogP contribution is 2.33. The molecular weight excluding hydrogens is 444 g/mol. The lowest BCUT2D eigenvalue weighted by Crippen LogP contribution is -2.36. The molecule has 27 heavy (non-hydrogen) atoms. The first kappa shape index (κ1) is 19.1.